The fourth-order valence-corrected chi connectivity index (χ4v) is 3.59. The molecule has 0 atom stereocenters. The number of ketones is 1. The van der Waals surface area contributed by atoms with E-state index in [1.54, 1.807) is 12.3 Å². The summed E-state index contributed by atoms with van der Waals surface area (Å²) in [7, 11) is 0. The molecule has 0 aliphatic heterocycles. The largest absolute Gasteiger partial charge is 0.435 e. The van der Waals surface area contributed by atoms with Crippen LogP contribution in [0.15, 0.2) is 47.3 Å². The number of aromatic nitrogens is 5. The van der Waals surface area contributed by atoms with Gasteiger partial charge >= 0.3 is 0 Å². The second-order valence-electron chi connectivity index (χ2n) is 7.42. The zero-order valence-electron chi connectivity index (χ0n) is 16.2. The Morgan fingerprint density at radius 2 is 2.07 bits per heavy atom. The van der Waals surface area contributed by atoms with E-state index in [-0.39, 0.29) is 11.7 Å². The van der Waals surface area contributed by atoms with Crippen molar-refractivity contribution in [1.29, 1.82) is 0 Å². The molecule has 0 unspecified atom stereocenters. The topological polar surface area (TPSA) is 97.6 Å². The number of pyridine rings is 1. The van der Waals surface area contributed by atoms with Crippen molar-refractivity contribution in [2.75, 3.05) is 0 Å². The predicted molar refractivity (Wildman–Crippen MR) is 112 cm³/mol. The lowest BCUT2D eigenvalue weighted by atomic mass is 10.1. The van der Waals surface area contributed by atoms with Crippen LogP contribution in [0, 0.1) is 12.8 Å². The first-order valence-electron chi connectivity index (χ1n) is 9.70. The number of aromatic amines is 1. The van der Waals surface area contributed by atoms with Gasteiger partial charge in [-0.25, -0.2) is 9.97 Å². The molecule has 1 saturated carbocycles. The lowest BCUT2D eigenvalue weighted by Gasteiger charge is -2.05. The minimum Gasteiger partial charge on any atom is -0.435 e. The SMILES string of the molecule is Cc1cnc(CC(=O)C2CC2)cc1-c1nc(-c2ncn[nH]2)c(-c2ccccc2Cl)o1. The summed E-state index contributed by atoms with van der Waals surface area (Å²) in [6.45, 7) is 1.93. The number of carbonyl (C=O) groups is 1. The fraction of sp³-hybridized carbons (Fsp3) is 0.227. The Labute approximate surface area is 177 Å². The smallest absolute Gasteiger partial charge is 0.227 e. The maximum atomic E-state index is 12.2. The van der Waals surface area contributed by atoms with Gasteiger partial charge in [0.2, 0.25) is 5.89 Å². The molecule has 1 fully saturated rings. The van der Waals surface area contributed by atoms with Gasteiger partial charge < -0.3 is 4.42 Å². The minimum atomic E-state index is 0.197. The van der Waals surface area contributed by atoms with Crippen molar-refractivity contribution < 1.29 is 9.21 Å². The molecule has 0 radical (unpaired) electrons. The van der Waals surface area contributed by atoms with Crippen LogP contribution in [0.2, 0.25) is 5.02 Å². The first-order valence-corrected chi connectivity index (χ1v) is 10.1. The van der Waals surface area contributed by atoms with Crippen molar-refractivity contribution in [3.63, 3.8) is 0 Å². The average molecular weight is 420 g/mol. The number of Topliss-reactive ketones (excluding diaryl/α,β-unsaturated/α-hetero) is 1. The van der Waals surface area contributed by atoms with E-state index in [1.165, 1.54) is 6.33 Å². The van der Waals surface area contributed by atoms with Gasteiger partial charge in [-0.05, 0) is 43.5 Å². The molecule has 0 spiro atoms. The fourth-order valence-electron chi connectivity index (χ4n) is 3.37. The summed E-state index contributed by atoms with van der Waals surface area (Å²) < 4.78 is 6.20. The van der Waals surface area contributed by atoms with Gasteiger partial charge in [0, 0.05) is 35.4 Å². The molecule has 0 bridgehead atoms. The monoisotopic (exact) mass is 419 g/mol. The van der Waals surface area contributed by atoms with Crippen LogP contribution in [-0.2, 0) is 11.2 Å². The van der Waals surface area contributed by atoms with E-state index in [0.29, 0.717) is 45.9 Å². The number of rotatable bonds is 6. The quantitative estimate of drug-likeness (QED) is 0.487. The van der Waals surface area contributed by atoms with Crippen LogP contribution in [0.5, 0.6) is 0 Å². The van der Waals surface area contributed by atoms with Crippen molar-refractivity contribution >= 4 is 17.4 Å². The number of H-pyrrole nitrogens is 1. The molecule has 3 heterocycles. The molecule has 3 aromatic heterocycles. The van der Waals surface area contributed by atoms with Crippen LogP contribution in [-0.4, -0.2) is 30.9 Å². The third-order valence-electron chi connectivity index (χ3n) is 5.16. The zero-order valence-corrected chi connectivity index (χ0v) is 17.0. The Morgan fingerprint density at radius 3 is 2.80 bits per heavy atom. The molecule has 5 rings (SSSR count). The van der Waals surface area contributed by atoms with Crippen LogP contribution in [0.4, 0.5) is 0 Å². The number of hydrogen-bond acceptors (Lipinski definition) is 6. The molecule has 4 aromatic rings. The zero-order chi connectivity index (χ0) is 20.7. The van der Waals surface area contributed by atoms with Gasteiger partial charge in [-0.2, -0.15) is 5.10 Å². The third kappa shape index (κ3) is 3.52. The van der Waals surface area contributed by atoms with Gasteiger partial charge in [0.25, 0.3) is 0 Å². The molecule has 150 valence electrons. The van der Waals surface area contributed by atoms with E-state index >= 15 is 0 Å². The molecular weight excluding hydrogens is 402 g/mol. The number of nitrogens with zero attached hydrogens (tertiary/aromatic N) is 4. The van der Waals surface area contributed by atoms with Crippen LogP contribution in [0.25, 0.3) is 34.3 Å². The summed E-state index contributed by atoms with van der Waals surface area (Å²) in [4.78, 5) is 25.6. The minimum absolute atomic E-state index is 0.197. The van der Waals surface area contributed by atoms with E-state index in [0.717, 1.165) is 24.0 Å². The molecule has 0 saturated heterocycles. The van der Waals surface area contributed by atoms with Crippen molar-refractivity contribution in [3.05, 3.63) is 59.1 Å². The second-order valence-corrected chi connectivity index (χ2v) is 7.83. The Bertz CT molecular complexity index is 1230. The van der Waals surface area contributed by atoms with Gasteiger partial charge in [-0.15, -0.1) is 0 Å². The van der Waals surface area contributed by atoms with Gasteiger partial charge in [-0.3, -0.25) is 14.9 Å². The van der Waals surface area contributed by atoms with Gasteiger partial charge in [0.1, 0.15) is 12.1 Å². The Kier molecular flexibility index (Phi) is 4.67. The number of halogens is 1. The Hall–Kier alpha value is -3.32. The second kappa shape index (κ2) is 7.50. The summed E-state index contributed by atoms with van der Waals surface area (Å²) in [6, 6.07) is 9.27. The lowest BCUT2D eigenvalue weighted by Crippen LogP contribution is -2.06. The molecular formula is C22H18ClN5O2. The highest BCUT2D eigenvalue weighted by molar-refractivity contribution is 6.33. The first-order chi connectivity index (χ1) is 14.6. The number of aryl methyl sites for hydroxylation is 1. The van der Waals surface area contributed by atoms with Crippen molar-refractivity contribution in [2.24, 2.45) is 5.92 Å². The van der Waals surface area contributed by atoms with Gasteiger partial charge in [-0.1, -0.05) is 23.7 Å². The number of benzene rings is 1. The van der Waals surface area contributed by atoms with E-state index in [2.05, 4.69) is 20.2 Å². The molecule has 1 aliphatic carbocycles. The number of carbonyl (C=O) groups excluding carboxylic acids is 1. The molecule has 1 aromatic carbocycles. The highest BCUT2D eigenvalue weighted by atomic mass is 35.5. The predicted octanol–water partition coefficient (Wildman–Crippen LogP) is 4.67. The molecule has 0 amide bonds. The molecule has 30 heavy (non-hydrogen) atoms. The van der Waals surface area contributed by atoms with Gasteiger partial charge in [0.05, 0.1) is 5.02 Å². The Morgan fingerprint density at radius 1 is 1.23 bits per heavy atom. The van der Waals surface area contributed by atoms with E-state index in [4.69, 9.17) is 21.0 Å². The first kappa shape index (κ1) is 18.7. The van der Waals surface area contributed by atoms with Crippen LogP contribution in [0.3, 0.4) is 0 Å². The summed E-state index contributed by atoms with van der Waals surface area (Å²) in [5.74, 6) is 1.83. The van der Waals surface area contributed by atoms with Crippen molar-refractivity contribution in [2.45, 2.75) is 26.2 Å². The van der Waals surface area contributed by atoms with Crippen LogP contribution < -0.4 is 0 Å². The van der Waals surface area contributed by atoms with Crippen LogP contribution in [0.1, 0.15) is 24.1 Å². The normalized spacial score (nSPS) is 13.5. The summed E-state index contributed by atoms with van der Waals surface area (Å²) in [6.07, 6.45) is 5.46. The van der Waals surface area contributed by atoms with E-state index < -0.39 is 0 Å². The van der Waals surface area contributed by atoms with E-state index in [1.807, 2.05) is 31.2 Å². The van der Waals surface area contributed by atoms with Gasteiger partial charge in [0.15, 0.2) is 17.3 Å². The lowest BCUT2D eigenvalue weighted by molar-refractivity contribution is -0.119. The summed E-state index contributed by atoms with van der Waals surface area (Å²) >= 11 is 6.42. The van der Waals surface area contributed by atoms with Crippen molar-refractivity contribution in [1.82, 2.24) is 25.1 Å². The maximum Gasteiger partial charge on any atom is 0.227 e. The van der Waals surface area contributed by atoms with E-state index in [9.17, 15) is 4.79 Å². The highest BCUT2D eigenvalue weighted by Gasteiger charge is 2.30. The average Bonchev–Trinajstić information content (AvgIpc) is 3.28. The number of hydrogen-bond donors (Lipinski definition) is 1. The summed E-state index contributed by atoms with van der Waals surface area (Å²) in [5.41, 5.74) is 3.62. The standard InChI is InChI=1S/C22H18ClN5O2/c1-12-10-24-14(9-18(29)13-6-7-13)8-16(12)22-27-19(21-25-11-26-28-21)20(30-22)15-4-2-3-5-17(15)23/h2-5,8,10-11,13H,6-7,9H2,1H3,(H,25,26,28). The summed E-state index contributed by atoms with van der Waals surface area (Å²) in [5, 5.41) is 7.31. The molecule has 1 aliphatic rings. The highest BCUT2D eigenvalue weighted by Crippen LogP contribution is 2.38. The Balaban J connectivity index is 1.61. The maximum absolute atomic E-state index is 12.2. The molecule has 1 N–H and O–H groups in total. The number of nitrogens with one attached hydrogen (secondary N) is 1. The number of oxazole rings is 1. The van der Waals surface area contributed by atoms with Crippen LogP contribution >= 0.6 is 11.6 Å². The molecule has 7 nitrogen and oxygen atoms in total. The third-order valence-corrected chi connectivity index (χ3v) is 5.49. The van der Waals surface area contributed by atoms with Crippen molar-refractivity contribution in [3.8, 4) is 34.3 Å². The molecule has 8 heteroatoms.